The van der Waals surface area contributed by atoms with Gasteiger partial charge in [0.1, 0.15) is 17.2 Å². The van der Waals surface area contributed by atoms with Crippen LogP contribution in [0.5, 0.6) is 17.2 Å². The molecule has 0 bridgehead atoms. The normalized spacial score (nSPS) is 16.4. The second-order valence-corrected chi connectivity index (χ2v) is 6.75. The number of methoxy groups -OCH3 is 1. The average molecular weight is 439 g/mol. The highest BCUT2D eigenvalue weighted by molar-refractivity contribution is 5.92. The Morgan fingerprint density at radius 3 is 2.35 bits per heavy atom. The van der Waals surface area contributed by atoms with E-state index in [9.17, 15) is 22.4 Å². The maximum absolute atomic E-state index is 12.8. The molecule has 3 rings (SSSR count). The molecule has 2 aromatic rings. The summed E-state index contributed by atoms with van der Waals surface area (Å²) in [6.07, 6.45) is 4.19. The summed E-state index contributed by atoms with van der Waals surface area (Å²) in [7, 11) is 1.57. The Morgan fingerprint density at radius 1 is 1.03 bits per heavy atom. The second kappa shape index (κ2) is 10.2. The van der Waals surface area contributed by atoms with Gasteiger partial charge < -0.3 is 19.1 Å². The van der Waals surface area contributed by atoms with E-state index >= 15 is 0 Å². The summed E-state index contributed by atoms with van der Waals surface area (Å²) in [6, 6.07) is 10.7. The van der Waals surface area contributed by atoms with Gasteiger partial charge >= 0.3 is 13.2 Å². The van der Waals surface area contributed by atoms with Gasteiger partial charge in [0.2, 0.25) is 5.91 Å². The number of alkyl halides is 4. The number of hydrogen-bond acceptors (Lipinski definition) is 4. The van der Waals surface area contributed by atoms with Gasteiger partial charge in [0.05, 0.1) is 13.2 Å². The van der Waals surface area contributed by atoms with Crippen molar-refractivity contribution in [1.82, 2.24) is 4.90 Å². The van der Waals surface area contributed by atoms with Crippen LogP contribution in [0.15, 0.2) is 48.5 Å². The molecular formula is C22H21F4NO4. The third-order valence-corrected chi connectivity index (χ3v) is 4.87. The number of ether oxygens (including phenoxy) is 3. The molecule has 1 atom stereocenters. The number of amides is 1. The van der Waals surface area contributed by atoms with E-state index in [1.807, 2.05) is 24.3 Å². The predicted molar refractivity (Wildman–Crippen MR) is 105 cm³/mol. The Morgan fingerprint density at radius 2 is 1.71 bits per heavy atom. The zero-order valence-electron chi connectivity index (χ0n) is 16.6. The fourth-order valence-corrected chi connectivity index (χ4v) is 3.49. The number of nitrogens with zero attached hydrogens (tertiary/aromatic N) is 1. The molecule has 0 aliphatic carbocycles. The van der Waals surface area contributed by atoms with Gasteiger partial charge in [0.15, 0.2) is 0 Å². The monoisotopic (exact) mass is 439 g/mol. The van der Waals surface area contributed by atoms with Gasteiger partial charge in [-0.15, -0.1) is 0 Å². The molecule has 5 nitrogen and oxygen atoms in total. The Labute approximate surface area is 176 Å². The molecular weight excluding hydrogens is 418 g/mol. The quantitative estimate of drug-likeness (QED) is 0.415. The lowest BCUT2D eigenvalue weighted by Gasteiger charge is -2.24. The van der Waals surface area contributed by atoms with Gasteiger partial charge in [0, 0.05) is 24.3 Å². The fourth-order valence-electron chi connectivity index (χ4n) is 3.49. The van der Waals surface area contributed by atoms with Crippen molar-refractivity contribution in [2.75, 3.05) is 13.7 Å². The van der Waals surface area contributed by atoms with Crippen LogP contribution in [0.3, 0.4) is 0 Å². The average Bonchev–Trinajstić information content (AvgIpc) is 3.22. The molecule has 1 heterocycles. The van der Waals surface area contributed by atoms with Crippen molar-refractivity contribution >= 4 is 12.0 Å². The highest BCUT2D eigenvalue weighted by atomic mass is 19.3. The lowest BCUT2D eigenvalue weighted by molar-refractivity contribution is -0.126. The highest BCUT2D eigenvalue weighted by Crippen LogP contribution is 2.33. The molecule has 9 heteroatoms. The molecule has 0 spiro atoms. The maximum atomic E-state index is 12.8. The van der Waals surface area contributed by atoms with Gasteiger partial charge in [0.25, 0.3) is 0 Å². The fraction of sp³-hybridized carbons (Fsp3) is 0.318. The van der Waals surface area contributed by atoms with Crippen molar-refractivity contribution in [3.8, 4) is 17.2 Å². The number of carbonyl (C=O) groups excluding carboxylic acids is 1. The molecule has 0 N–H and O–H groups in total. The third kappa shape index (κ3) is 5.90. The summed E-state index contributed by atoms with van der Waals surface area (Å²) in [5.74, 6) is -0.280. The van der Waals surface area contributed by atoms with Crippen molar-refractivity contribution in [2.45, 2.75) is 32.1 Å². The minimum absolute atomic E-state index is 0.110. The van der Waals surface area contributed by atoms with Crippen molar-refractivity contribution in [2.24, 2.45) is 0 Å². The molecule has 31 heavy (non-hydrogen) atoms. The van der Waals surface area contributed by atoms with Crippen molar-refractivity contribution < 1.29 is 36.6 Å². The highest BCUT2D eigenvalue weighted by Gasteiger charge is 2.28. The van der Waals surface area contributed by atoms with E-state index in [2.05, 4.69) is 9.47 Å². The first kappa shape index (κ1) is 22.5. The van der Waals surface area contributed by atoms with Crippen LogP contribution >= 0.6 is 0 Å². The van der Waals surface area contributed by atoms with Crippen LogP contribution in [-0.2, 0) is 4.79 Å². The zero-order chi connectivity index (χ0) is 22.4. The summed E-state index contributed by atoms with van der Waals surface area (Å²) in [5.41, 5.74) is 1.10. The lowest BCUT2D eigenvalue weighted by Crippen LogP contribution is -2.28. The molecule has 0 saturated carbocycles. The number of hydrogen-bond donors (Lipinski definition) is 0. The number of benzene rings is 2. The van der Waals surface area contributed by atoms with Crippen molar-refractivity contribution in [3.05, 3.63) is 59.7 Å². The van der Waals surface area contributed by atoms with E-state index in [0.717, 1.165) is 24.5 Å². The van der Waals surface area contributed by atoms with E-state index in [-0.39, 0.29) is 29.0 Å². The van der Waals surface area contributed by atoms with Crippen LogP contribution in [-0.4, -0.2) is 37.7 Å². The molecule has 0 aromatic heterocycles. The summed E-state index contributed by atoms with van der Waals surface area (Å²) >= 11 is 0. The standard InChI is InChI=1S/C22H21F4NO4/c1-29-16-8-4-14(5-9-16)18-3-2-12-27(18)20(28)11-7-15-6-10-17(30-21(23)24)13-19(15)31-22(25)26/h4-11,13,18,21-22H,2-3,12H2,1H3/b11-7+/t18-/m1/s1. The first-order valence-electron chi connectivity index (χ1n) is 9.53. The lowest BCUT2D eigenvalue weighted by atomic mass is 10.0. The van der Waals surface area contributed by atoms with Gasteiger partial charge in [-0.25, -0.2) is 0 Å². The molecule has 1 aliphatic rings. The molecule has 1 aliphatic heterocycles. The molecule has 0 radical (unpaired) electrons. The van der Waals surface area contributed by atoms with Crippen LogP contribution in [0, 0.1) is 0 Å². The number of likely N-dealkylation sites (tertiary alicyclic amines) is 1. The minimum atomic E-state index is -3.16. The van der Waals surface area contributed by atoms with E-state index in [4.69, 9.17) is 4.74 Å². The Bertz CT molecular complexity index is 918. The number of rotatable bonds is 8. The van der Waals surface area contributed by atoms with Gasteiger partial charge in [-0.3, -0.25) is 4.79 Å². The zero-order valence-corrected chi connectivity index (χ0v) is 16.6. The Hall–Kier alpha value is -3.23. The predicted octanol–water partition coefficient (Wildman–Crippen LogP) is 5.27. The van der Waals surface area contributed by atoms with Crippen molar-refractivity contribution in [3.63, 3.8) is 0 Å². The summed E-state index contributed by atoms with van der Waals surface area (Å²) < 4.78 is 63.9. The molecule has 166 valence electrons. The largest absolute Gasteiger partial charge is 0.497 e. The maximum Gasteiger partial charge on any atom is 0.387 e. The van der Waals surface area contributed by atoms with Crippen LogP contribution in [0.4, 0.5) is 17.6 Å². The topological polar surface area (TPSA) is 48.0 Å². The number of halogens is 4. The van der Waals surface area contributed by atoms with E-state index in [1.54, 1.807) is 12.0 Å². The SMILES string of the molecule is COc1ccc([C@H]2CCCN2C(=O)/C=C/c2ccc(OC(F)F)cc2OC(F)F)cc1. The first-order chi connectivity index (χ1) is 14.9. The van der Waals surface area contributed by atoms with Crippen LogP contribution < -0.4 is 14.2 Å². The third-order valence-electron chi connectivity index (χ3n) is 4.87. The first-order valence-corrected chi connectivity index (χ1v) is 9.53. The smallest absolute Gasteiger partial charge is 0.387 e. The van der Waals surface area contributed by atoms with E-state index in [0.29, 0.717) is 12.3 Å². The molecule has 1 saturated heterocycles. The van der Waals surface area contributed by atoms with E-state index in [1.165, 1.54) is 24.3 Å². The number of carbonyl (C=O) groups is 1. The van der Waals surface area contributed by atoms with Gasteiger partial charge in [-0.1, -0.05) is 12.1 Å². The van der Waals surface area contributed by atoms with Crippen LogP contribution in [0.1, 0.15) is 30.0 Å². The molecule has 1 amide bonds. The summed E-state index contributed by atoms with van der Waals surface area (Å²) in [4.78, 5) is 14.5. The minimum Gasteiger partial charge on any atom is -0.497 e. The molecule has 2 aromatic carbocycles. The van der Waals surface area contributed by atoms with Gasteiger partial charge in [-0.05, 0) is 48.7 Å². The van der Waals surface area contributed by atoms with Gasteiger partial charge in [-0.2, -0.15) is 17.6 Å². The van der Waals surface area contributed by atoms with Crippen molar-refractivity contribution in [1.29, 1.82) is 0 Å². The molecule has 1 fully saturated rings. The van der Waals surface area contributed by atoms with E-state index < -0.39 is 13.2 Å². The van der Waals surface area contributed by atoms with Crippen LogP contribution in [0.2, 0.25) is 0 Å². The summed E-state index contributed by atoms with van der Waals surface area (Å²) in [6.45, 7) is -5.71. The Kier molecular flexibility index (Phi) is 7.38. The summed E-state index contributed by atoms with van der Waals surface area (Å²) in [5, 5.41) is 0. The molecule has 0 unspecified atom stereocenters. The second-order valence-electron chi connectivity index (χ2n) is 6.75. The van der Waals surface area contributed by atoms with Crippen LogP contribution in [0.25, 0.3) is 6.08 Å². The Balaban J connectivity index is 1.77.